The average molecular weight is 345 g/mol. The summed E-state index contributed by atoms with van der Waals surface area (Å²) >= 11 is 3.28. The summed E-state index contributed by atoms with van der Waals surface area (Å²) in [6.45, 7) is 1.84. The third-order valence-electron chi connectivity index (χ3n) is 3.15. The summed E-state index contributed by atoms with van der Waals surface area (Å²) in [5.74, 6) is 0. The number of nitriles is 1. The van der Waals surface area contributed by atoms with Gasteiger partial charge in [0.05, 0.1) is 15.7 Å². The van der Waals surface area contributed by atoms with Gasteiger partial charge in [-0.05, 0) is 39.2 Å². The van der Waals surface area contributed by atoms with Crippen molar-refractivity contribution in [1.29, 1.82) is 5.26 Å². The molecule has 0 fully saturated rings. The SMILES string of the molecule is Cc1nc2nonc2c(N)c1Cc1cc(C#N)c(Br)cn1. The molecule has 0 saturated heterocycles. The van der Waals surface area contributed by atoms with Crippen LogP contribution in [0.1, 0.15) is 22.5 Å². The fourth-order valence-electron chi connectivity index (χ4n) is 2.06. The van der Waals surface area contributed by atoms with Crippen LogP contribution in [0.5, 0.6) is 0 Å². The number of halogens is 1. The van der Waals surface area contributed by atoms with Crippen LogP contribution in [-0.4, -0.2) is 20.3 Å². The first-order valence-electron chi connectivity index (χ1n) is 6.02. The van der Waals surface area contributed by atoms with Crippen molar-refractivity contribution < 1.29 is 4.63 Å². The normalized spacial score (nSPS) is 10.7. The van der Waals surface area contributed by atoms with E-state index in [2.05, 4.69) is 46.9 Å². The van der Waals surface area contributed by atoms with Gasteiger partial charge in [0.15, 0.2) is 5.52 Å². The van der Waals surface area contributed by atoms with E-state index in [1.54, 1.807) is 12.3 Å². The Morgan fingerprint density at radius 1 is 1.43 bits per heavy atom. The van der Waals surface area contributed by atoms with Gasteiger partial charge in [-0.25, -0.2) is 9.61 Å². The molecule has 8 heteroatoms. The van der Waals surface area contributed by atoms with Crippen LogP contribution in [0.15, 0.2) is 21.4 Å². The predicted octanol–water partition coefficient (Wildman–Crippen LogP) is 2.13. The van der Waals surface area contributed by atoms with Gasteiger partial charge in [0.25, 0.3) is 0 Å². The predicted molar refractivity (Wildman–Crippen MR) is 78.2 cm³/mol. The molecule has 0 atom stereocenters. The van der Waals surface area contributed by atoms with Gasteiger partial charge in [-0.15, -0.1) is 0 Å². The quantitative estimate of drug-likeness (QED) is 0.756. The van der Waals surface area contributed by atoms with Gasteiger partial charge in [-0.1, -0.05) is 0 Å². The molecular formula is C13H9BrN6O. The average Bonchev–Trinajstić information content (AvgIpc) is 2.93. The molecule has 7 nitrogen and oxygen atoms in total. The molecule has 0 aliphatic rings. The van der Waals surface area contributed by atoms with Crippen LogP contribution in [0, 0.1) is 18.3 Å². The van der Waals surface area contributed by atoms with Crippen molar-refractivity contribution >= 4 is 32.8 Å². The van der Waals surface area contributed by atoms with E-state index in [0.717, 1.165) is 17.0 Å². The smallest absolute Gasteiger partial charge is 0.226 e. The summed E-state index contributed by atoms with van der Waals surface area (Å²) in [6, 6.07) is 3.82. The van der Waals surface area contributed by atoms with Gasteiger partial charge in [-0.2, -0.15) is 5.26 Å². The van der Waals surface area contributed by atoms with Gasteiger partial charge < -0.3 is 5.73 Å². The third-order valence-corrected chi connectivity index (χ3v) is 3.78. The second-order valence-electron chi connectivity index (χ2n) is 4.47. The van der Waals surface area contributed by atoms with Gasteiger partial charge in [0, 0.05) is 29.6 Å². The van der Waals surface area contributed by atoms with E-state index in [4.69, 9.17) is 11.0 Å². The van der Waals surface area contributed by atoms with Crippen molar-refractivity contribution in [2.45, 2.75) is 13.3 Å². The molecular weight excluding hydrogens is 336 g/mol. The number of anilines is 1. The Morgan fingerprint density at radius 2 is 2.24 bits per heavy atom. The number of nitrogens with zero attached hydrogens (tertiary/aromatic N) is 5. The molecule has 104 valence electrons. The zero-order valence-corrected chi connectivity index (χ0v) is 12.5. The minimum Gasteiger partial charge on any atom is -0.396 e. The van der Waals surface area contributed by atoms with E-state index < -0.39 is 0 Å². The molecule has 0 amide bonds. The van der Waals surface area contributed by atoms with Crippen molar-refractivity contribution in [3.8, 4) is 6.07 Å². The van der Waals surface area contributed by atoms with Crippen molar-refractivity contribution in [1.82, 2.24) is 20.3 Å². The van der Waals surface area contributed by atoms with Gasteiger partial charge >= 0.3 is 0 Å². The molecule has 0 aromatic carbocycles. The highest BCUT2D eigenvalue weighted by molar-refractivity contribution is 9.10. The molecule has 3 aromatic rings. The number of nitrogen functional groups attached to an aromatic ring is 1. The highest BCUT2D eigenvalue weighted by atomic mass is 79.9. The minimum absolute atomic E-state index is 0.384. The lowest BCUT2D eigenvalue weighted by atomic mass is 10.0. The number of aryl methyl sites for hydroxylation is 1. The van der Waals surface area contributed by atoms with Crippen molar-refractivity contribution in [2.24, 2.45) is 0 Å². The minimum atomic E-state index is 0.384. The standard InChI is InChI=1S/C13H9BrN6O/c1-6-9(11(16)12-13(18-6)20-21-19-12)3-8-2-7(4-15)10(14)5-17-8/h2,5H,3,16H2,1H3. The molecule has 0 aliphatic carbocycles. The van der Waals surface area contributed by atoms with Gasteiger partial charge in [0.1, 0.15) is 6.07 Å². The summed E-state index contributed by atoms with van der Waals surface area (Å²) in [5.41, 5.74) is 10.2. The highest BCUT2D eigenvalue weighted by Gasteiger charge is 2.15. The summed E-state index contributed by atoms with van der Waals surface area (Å²) in [4.78, 5) is 8.59. The molecule has 0 bridgehead atoms. The van der Waals surface area contributed by atoms with Crippen LogP contribution in [-0.2, 0) is 6.42 Å². The Bertz CT molecular complexity index is 882. The number of hydrogen-bond acceptors (Lipinski definition) is 7. The van der Waals surface area contributed by atoms with Crippen molar-refractivity contribution in [3.05, 3.63) is 39.3 Å². The Labute approximate surface area is 127 Å². The van der Waals surface area contributed by atoms with E-state index in [0.29, 0.717) is 33.3 Å². The summed E-state index contributed by atoms with van der Waals surface area (Å²) < 4.78 is 5.31. The molecule has 0 aliphatic heterocycles. The fourth-order valence-corrected chi connectivity index (χ4v) is 2.37. The molecule has 3 rings (SSSR count). The lowest BCUT2D eigenvalue weighted by molar-refractivity contribution is 0.315. The number of pyridine rings is 2. The molecule has 3 heterocycles. The van der Waals surface area contributed by atoms with Gasteiger partial charge in [-0.3, -0.25) is 4.98 Å². The monoisotopic (exact) mass is 344 g/mol. The summed E-state index contributed by atoms with van der Waals surface area (Å²) in [7, 11) is 0. The van der Waals surface area contributed by atoms with E-state index in [9.17, 15) is 0 Å². The van der Waals surface area contributed by atoms with E-state index in [-0.39, 0.29) is 0 Å². The lowest BCUT2D eigenvalue weighted by Gasteiger charge is -2.08. The molecule has 2 N–H and O–H groups in total. The number of rotatable bonds is 2. The van der Waals surface area contributed by atoms with Crippen LogP contribution in [0.2, 0.25) is 0 Å². The molecule has 0 radical (unpaired) electrons. The second kappa shape index (κ2) is 5.10. The molecule has 0 spiro atoms. The Morgan fingerprint density at radius 3 is 3.00 bits per heavy atom. The first kappa shape index (κ1) is 13.5. The first-order valence-corrected chi connectivity index (χ1v) is 6.81. The van der Waals surface area contributed by atoms with E-state index in [1.165, 1.54) is 0 Å². The zero-order chi connectivity index (χ0) is 15.0. The van der Waals surface area contributed by atoms with Crippen LogP contribution >= 0.6 is 15.9 Å². The first-order chi connectivity index (χ1) is 10.1. The fraction of sp³-hybridized carbons (Fsp3) is 0.154. The second-order valence-corrected chi connectivity index (χ2v) is 5.32. The molecule has 3 aromatic heterocycles. The van der Waals surface area contributed by atoms with E-state index in [1.807, 2.05) is 6.92 Å². The van der Waals surface area contributed by atoms with E-state index >= 15 is 0 Å². The zero-order valence-electron chi connectivity index (χ0n) is 11.0. The van der Waals surface area contributed by atoms with Gasteiger partial charge in [0.2, 0.25) is 5.65 Å². The Hall–Kier alpha value is -2.53. The summed E-state index contributed by atoms with van der Waals surface area (Å²) in [6.07, 6.45) is 2.05. The third kappa shape index (κ3) is 2.32. The largest absolute Gasteiger partial charge is 0.396 e. The molecule has 21 heavy (non-hydrogen) atoms. The number of hydrogen-bond donors (Lipinski definition) is 1. The topological polar surface area (TPSA) is 115 Å². The maximum absolute atomic E-state index is 9.06. The lowest BCUT2D eigenvalue weighted by Crippen LogP contribution is -2.04. The Balaban J connectivity index is 2.08. The molecule has 0 saturated carbocycles. The van der Waals surface area contributed by atoms with Crippen LogP contribution in [0.3, 0.4) is 0 Å². The maximum atomic E-state index is 9.06. The number of fused-ring (bicyclic) bond motifs is 1. The van der Waals surface area contributed by atoms with Crippen LogP contribution in [0.25, 0.3) is 11.2 Å². The Kier molecular flexibility index (Phi) is 3.27. The molecule has 0 unspecified atom stereocenters. The van der Waals surface area contributed by atoms with Crippen LogP contribution in [0.4, 0.5) is 5.69 Å². The highest BCUT2D eigenvalue weighted by Crippen LogP contribution is 2.26. The number of aromatic nitrogens is 4. The van der Waals surface area contributed by atoms with Crippen molar-refractivity contribution in [2.75, 3.05) is 5.73 Å². The summed E-state index contributed by atoms with van der Waals surface area (Å²) in [5, 5.41) is 16.5. The van der Waals surface area contributed by atoms with Crippen LogP contribution < -0.4 is 5.73 Å². The maximum Gasteiger partial charge on any atom is 0.226 e. The number of nitrogens with two attached hydrogens (primary N) is 1. The van der Waals surface area contributed by atoms with Crippen molar-refractivity contribution in [3.63, 3.8) is 0 Å².